The number of anilines is 1. The summed E-state index contributed by atoms with van der Waals surface area (Å²) in [6.07, 6.45) is 3.33. The van der Waals surface area contributed by atoms with Crippen molar-refractivity contribution in [1.82, 2.24) is 15.4 Å². The zero-order chi connectivity index (χ0) is 16.6. The molecule has 0 radical (unpaired) electrons. The lowest BCUT2D eigenvalue weighted by atomic mass is 9.90. The minimum atomic E-state index is -0.149. The van der Waals surface area contributed by atoms with Crippen LogP contribution in [0.5, 0.6) is 0 Å². The molecule has 122 valence electrons. The molecule has 2 aromatic rings. The Morgan fingerprint density at radius 2 is 2.17 bits per heavy atom. The van der Waals surface area contributed by atoms with E-state index in [0.29, 0.717) is 28.3 Å². The first-order valence-electron chi connectivity index (χ1n) is 7.62. The molecule has 0 spiro atoms. The topological polar surface area (TPSA) is 66.9 Å². The molecule has 5 nitrogen and oxygen atoms in total. The number of hydrazine groups is 1. The van der Waals surface area contributed by atoms with E-state index in [1.807, 2.05) is 13.0 Å². The van der Waals surface area contributed by atoms with E-state index in [-0.39, 0.29) is 5.91 Å². The largest absolute Gasteiger partial charge is 0.281 e. The van der Waals surface area contributed by atoms with Crippen LogP contribution in [0.4, 0.5) is 5.82 Å². The number of nitrogens with one attached hydrogen (secondary N) is 2. The van der Waals surface area contributed by atoms with Crippen molar-refractivity contribution in [1.29, 1.82) is 0 Å². The molecule has 1 aliphatic rings. The van der Waals surface area contributed by atoms with Gasteiger partial charge < -0.3 is 0 Å². The molecule has 0 unspecified atom stereocenters. The van der Waals surface area contributed by atoms with Crippen molar-refractivity contribution >= 4 is 34.7 Å². The minimum Gasteiger partial charge on any atom is -0.281 e. The van der Waals surface area contributed by atoms with Gasteiger partial charge in [0.1, 0.15) is 11.0 Å². The second-order valence-corrected chi connectivity index (χ2v) is 7.52. The number of hydrogen-bond acceptors (Lipinski definition) is 5. The first-order chi connectivity index (χ1) is 10.9. The summed E-state index contributed by atoms with van der Waals surface area (Å²) in [6, 6.07) is 2.01. The molecule has 0 aromatic carbocycles. The fourth-order valence-corrected chi connectivity index (χ4v) is 4.03. The van der Waals surface area contributed by atoms with E-state index in [1.165, 1.54) is 16.9 Å². The van der Waals surface area contributed by atoms with E-state index in [9.17, 15) is 4.79 Å². The Kier molecular flexibility index (Phi) is 4.55. The minimum absolute atomic E-state index is 0.149. The van der Waals surface area contributed by atoms with E-state index in [2.05, 4.69) is 27.7 Å². The lowest BCUT2D eigenvalue weighted by molar-refractivity contribution is 0.0966. The fourth-order valence-electron chi connectivity index (χ4n) is 2.71. The van der Waals surface area contributed by atoms with Crippen molar-refractivity contribution in [2.75, 3.05) is 5.43 Å². The van der Waals surface area contributed by atoms with E-state index >= 15 is 0 Å². The van der Waals surface area contributed by atoms with Crippen LogP contribution in [0.3, 0.4) is 0 Å². The number of thiophene rings is 1. The van der Waals surface area contributed by atoms with Crippen LogP contribution < -0.4 is 10.9 Å². The zero-order valence-corrected chi connectivity index (χ0v) is 14.9. The summed E-state index contributed by atoms with van der Waals surface area (Å²) < 4.78 is 0. The number of hydrogen-bond donors (Lipinski definition) is 2. The van der Waals surface area contributed by atoms with Gasteiger partial charge in [0.2, 0.25) is 0 Å². The van der Waals surface area contributed by atoms with Gasteiger partial charge in [-0.25, -0.2) is 9.97 Å². The van der Waals surface area contributed by atoms with Crippen LogP contribution in [0.15, 0.2) is 6.07 Å². The first kappa shape index (κ1) is 16.2. The fraction of sp³-hybridized carbons (Fsp3) is 0.438. The Hall–Kier alpha value is -1.66. The summed E-state index contributed by atoms with van der Waals surface area (Å²) in [4.78, 5) is 22.8. The quantitative estimate of drug-likeness (QED) is 0.654. The number of carbonyl (C=O) groups excluding carboxylic acids is 1. The molecule has 1 aliphatic carbocycles. The highest BCUT2D eigenvalue weighted by atomic mass is 35.5. The molecule has 23 heavy (non-hydrogen) atoms. The Morgan fingerprint density at radius 3 is 2.96 bits per heavy atom. The molecule has 7 heteroatoms. The molecule has 1 atom stereocenters. The zero-order valence-electron chi connectivity index (χ0n) is 13.4. The smallest absolute Gasteiger partial charge is 0.279 e. The third-order valence-electron chi connectivity index (χ3n) is 4.05. The molecular formula is C16H19ClN4OS. The van der Waals surface area contributed by atoms with Crippen molar-refractivity contribution in [3.63, 3.8) is 0 Å². The van der Waals surface area contributed by atoms with Crippen LogP contribution in [0, 0.1) is 19.8 Å². The van der Waals surface area contributed by atoms with Crippen LogP contribution in [-0.2, 0) is 12.8 Å². The number of fused-ring (bicyclic) bond motifs is 1. The summed E-state index contributed by atoms with van der Waals surface area (Å²) in [5.41, 5.74) is 7.58. The highest BCUT2D eigenvalue weighted by Crippen LogP contribution is 2.32. The maximum Gasteiger partial charge on any atom is 0.279 e. The van der Waals surface area contributed by atoms with Crippen molar-refractivity contribution in [3.05, 3.63) is 37.9 Å². The van der Waals surface area contributed by atoms with E-state index in [0.717, 1.165) is 17.7 Å². The Morgan fingerprint density at radius 1 is 1.39 bits per heavy atom. The summed E-state index contributed by atoms with van der Waals surface area (Å²) in [5.74, 6) is 1.62. The monoisotopic (exact) mass is 350 g/mol. The average molecular weight is 351 g/mol. The Labute approximate surface area is 144 Å². The maximum absolute atomic E-state index is 12.4. The number of halogens is 1. The van der Waals surface area contributed by atoms with Gasteiger partial charge in [-0.1, -0.05) is 18.5 Å². The normalized spacial score (nSPS) is 16.8. The van der Waals surface area contributed by atoms with Gasteiger partial charge in [-0.2, -0.15) is 0 Å². The van der Waals surface area contributed by atoms with Crippen molar-refractivity contribution < 1.29 is 4.79 Å². The van der Waals surface area contributed by atoms with E-state index in [1.54, 1.807) is 18.3 Å². The second-order valence-electron chi connectivity index (χ2n) is 6.02. The van der Waals surface area contributed by atoms with Crippen molar-refractivity contribution in [2.45, 2.75) is 40.0 Å². The first-order valence-corrected chi connectivity index (χ1v) is 8.82. The molecule has 0 bridgehead atoms. The van der Waals surface area contributed by atoms with Crippen LogP contribution in [0.25, 0.3) is 0 Å². The van der Waals surface area contributed by atoms with Gasteiger partial charge in [0, 0.05) is 10.4 Å². The van der Waals surface area contributed by atoms with Gasteiger partial charge in [-0.3, -0.25) is 15.6 Å². The molecule has 0 fully saturated rings. The van der Waals surface area contributed by atoms with Crippen molar-refractivity contribution in [3.8, 4) is 0 Å². The molecule has 3 rings (SSSR count). The lowest BCUT2D eigenvalue weighted by Crippen LogP contribution is -2.29. The number of amides is 1. The molecule has 2 aromatic heterocycles. The standard InChI is InChI=1S/C16H19ClN4OS/c1-8-4-5-12-11(6-8)7-13(23-12)16(22)21-20-15-9(2)14(17)18-10(3)19-15/h7-8H,4-6H2,1-3H3,(H,21,22)(H,18,19,20)/t8-/m1/s1. The third-order valence-corrected chi connectivity index (χ3v) is 5.65. The molecule has 1 amide bonds. The summed E-state index contributed by atoms with van der Waals surface area (Å²) in [7, 11) is 0. The second kappa shape index (κ2) is 6.45. The van der Waals surface area contributed by atoms with Crippen LogP contribution in [0.2, 0.25) is 5.15 Å². The van der Waals surface area contributed by atoms with Crippen molar-refractivity contribution in [2.24, 2.45) is 5.92 Å². The predicted octanol–water partition coefficient (Wildman–Crippen LogP) is 3.69. The Bertz CT molecular complexity index is 759. The lowest BCUT2D eigenvalue weighted by Gasteiger charge is -2.16. The molecule has 2 N–H and O–H groups in total. The average Bonchev–Trinajstić information content (AvgIpc) is 2.92. The SMILES string of the molecule is Cc1nc(Cl)c(C)c(NNC(=O)c2cc3c(s2)CC[C@@H](C)C3)n1. The summed E-state index contributed by atoms with van der Waals surface area (Å²) >= 11 is 7.61. The van der Waals surface area contributed by atoms with Gasteiger partial charge in [0.25, 0.3) is 5.91 Å². The van der Waals surface area contributed by atoms with Gasteiger partial charge in [-0.05, 0) is 50.7 Å². The molecule has 2 heterocycles. The number of aromatic nitrogens is 2. The number of aryl methyl sites for hydroxylation is 2. The number of carbonyl (C=O) groups is 1. The van der Waals surface area contributed by atoms with Gasteiger partial charge in [-0.15, -0.1) is 11.3 Å². The van der Waals surface area contributed by atoms with Gasteiger partial charge >= 0.3 is 0 Å². The van der Waals surface area contributed by atoms with Gasteiger partial charge in [0.15, 0.2) is 5.82 Å². The Balaban J connectivity index is 1.71. The molecule has 0 saturated heterocycles. The predicted molar refractivity (Wildman–Crippen MR) is 93.1 cm³/mol. The van der Waals surface area contributed by atoms with Gasteiger partial charge in [0.05, 0.1) is 4.88 Å². The highest BCUT2D eigenvalue weighted by molar-refractivity contribution is 7.14. The van der Waals surface area contributed by atoms with E-state index in [4.69, 9.17) is 11.6 Å². The molecule has 0 aliphatic heterocycles. The van der Waals surface area contributed by atoms with Crippen LogP contribution in [-0.4, -0.2) is 15.9 Å². The molecule has 0 saturated carbocycles. The third kappa shape index (κ3) is 3.48. The maximum atomic E-state index is 12.4. The van der Waals surface area contributed by atoms with Crippen LogP contribution >= 0.6 is 22.9 Å². The molecular weight excluding hydrogens is 332 g/mol. The highest BCUT2D eigenvalue weighted by Gasteiger charge is 2.20. The van der Waals surface area contributed by atoms with E-state index < -0.39 is 0 Å². The summed E-state index contributed by atoms with van der Waals surface area (Å²) in [5, 5.41) is 0.384. The summed E-state index contributed by atoms with van der Waals surface area (Å²) in [6.45, 7) is 5.82. The van der Waals surface area contributed by atoms with Crippen LogP contribution in [0.1, 0.15) is 44.8 Å². The number of nitrogens with zero attached hydrogens (tertiary/aromatic N) is 2. The number of rotatable bonds is 3.